The Bertz CT molecular complexity index is 1930. The van der Waals surface area contributed by atoms with Crippen molar-refractivity contribution in [3.63, 3.8) is 0 Å². The molecule has 4 aliphatic heterocycles. The number of cyclic esters (lactones) is 1. The molecule has 0 radical (unpaired) electrons. The molecule has 276 valence electrons. The average Bonchev–Trinajstić information content (AvgIpc) is 3.82. The van der Waals surface area contributed by atoms with Crippen molar-refractivity contribution >= 4 is 29.4 Å². The topological polar surface area (TPSA) is 117 Å². The van der Waals surface area contributed by atoms with Crippen LogP contribution in [0.3, 0.4) is 0 Å². The SMILES string of the molecule is Cc1ccc(C)c(N2C/C=C\CCC(=O)N(C)[C@H](C)[C@@H](c3ccccc3)OC(=O)[C@@H]3[C@@H]4C=C[C@]5(O4)[C@H](C2=O)N([C@@H](CO)Cc2ccccc2)C(=O)[C@@H]35)c1. The van der Waals surface area contributed by atoms with Crippen LogP contribution in [0.15, 0.2) is 103 Å². The highest BCUT2D eigenvalue weighted by atomic mass is 16.6. The van der Waals surface area contributed by atoms with Gasteiger partial charge in [-0.15, -0.1) is 0 Å². The number of rotatable bonds is 6. The van der Waals surface area contributed by atoms with Crippen LogP contribution in [0, 0.1) is 25.7 Å². The number of hydrogen-bond acceptors (Lipinski definition) is 7. The molecule has 7 rings (SSSR count). The van der Waals surface area contributed by atoms with E-state index in [9.17, 15) is 14.7 Å². The van der Waals surface area contributed by atoms with E-state index in [1.54, 1.807) is 29.0 Å². The number of carbonyl (C=O) groups is 4. The van der Waals surface area contributed by atoms with Crippen LogP contribution in [0.4, 0.5) is 5.69 Å². The van der Waals surface area contributed by atoms with Crippen LogP contribution in [0.2, 0.25) is 0 Å². The summed E-state index contributed by atoms with van der Waals surface area (Å²) < 4.78 is 13.1. The Balaban J connectivity index is 1.37. The van der Waals surface area contributed by atoms with E-state index >= 15 is 9.59 Å². The number of likely N-dealkylation sites (tertiary alicyclic amines) is 1. The highest BCUT2D eigenvalue weighted by Gasteiger charge is 2.74. The molecule has 3 aromatic carbocycles. The fourth-order valence-electron chi connectivity index (χ4n) is 8.55. The number of aliphatic hydroxyl groups excluding tert-OH is 1. The first-order valence-corrected chi connectivity index (χ1v) is 18.4. The molecule has 5 bridgehead atoms. The summed E-state index contributed by atoms with van der Waals surface area (Å²) in [6, 6.07) is 22.2. The molecule has 0 aliphatic carbocycles. The zero-order valence-corrected chi connectivity index (χ0v) is 30.6. The van der Waals surface area contributed by atoms with Gasteiger partial charge in [0, 0.05) is 25.7 Å². The molecular weight excluding hydrogens is 670 g/mol. The zero-order valence-electron chi connectivity index (χ0n) is 30.6. The molecule has 3 amide bonds. The summed E-state index contributed by atoms with van der Waals surface area (Å²) >= 11 is 0. The van der Waals surface area contributed by atoms with Gasteiger partial charge in [0.05, 0.1) is 30.7 Å². The number of amides is 3. The Morgan fingerprint density at radius 3 is 2.36 bits per heavy atom. The predicted octanol–water partition coefficient (Wildman–Crippen LogP) is 4.87. The molecule has 10 heteroatoms. The third-order valence-corrected chi connectivity index (χ3v) is 11.5. The van der Waals surface area contributed by atoms with Crippen molar-refractivity contribution in [2.75, 3.05) is 25.1 Å². The molecular formula is C43H47N3O7. The number of allylic oxidation sites excluding steroid dienone is 1. The molecule has 0 saturated carbocycles. The van der Waals surface area contributed by atoms with Crippen LogP contribution in [0.5, 0.6) is 0 Å². The summed E-state index contributed by atoms with van der Waals surface area (Å²) in [6.07, 6.45) is 6.60. The van der Waals surface area contributed by atoms with Gasteiger partial charge in [0.25, 0.3) is 5.91 Å². The lowest BCUT2D eigenvalue weighted by atomic mass is 9.74. The molecule has 10 nitrogen and oxygen atoms in total. The monoisotopic (exact) mass is 717 g/mol. The van der Waals surface area contributed by atoms with Gasteiger partial charge >= 0.3 is 5.97 Å². The first kappa shape index (κ1) is 36.3. The number of hydrogen-bond donors (Lipinski definition) is 1. The smallest absolute Gasteiger partial charge is 0.313 e. The maximum Gasteiger partial charge on any atom is 0.313 e. The normalized spacial score (nSPS) is 30.1. The van der Waals surface area contributed by atoms with Crippen LogP contribution in [-0.2, 0) is 35.1 Å². The Hall–Kier alpha value is -5.06. The number of carbonyl (C=O) groups excluding carboxylic acids is 4. The van der Waals surface area contributed by atoms with Crippen molar-refractivity contribution in [1.82, 2.24) is 9.80 Å². The van der Waals surface area contributed by atoms with Gasteiger partial charge in [-0.3, -0.25) is 19.2 Å². The number of likely N-dealkylation sites (N-methyl/N-ethyl adjacent to an activating group) is 1. The molecule has 1 N–H and O–H groups in total. The lowest BCUT2D eigenvalue weighted by Crippen LogP contribution is -2.59. The maximum absolute atomic E-state index is 15.4. The minimum absolute atomic E-state index is 0.116. The van der Waals surface area contributed by atoms with Gasteiger partial charge < -0.3 is 29.3 Å². The van der Waals surface area contributed by atoms with Gasteiger partial charge in [0.1, 0.15) is 23.7 Å². The predicted molar refractivity (Wildman–Crippen MR) is 200 cm³/mol. The third-order valence-electron chi connectivity index (χ3n) is 11.5. The second-order valence-electron chi connectivity index (χ2n) is 14.7. The number of fused-ring (bicyclic) bond motifs is 2. The van der Waals surface area contributed by atoms with Gasteiger partial charge in [0.15, 0.2) is 0 Å². The van der Waals surface area contributed by atoms with Crippen molar-refractivity contribution in [3.05, 3.63) is 125 Å². The van der Waals surface area contributed by atoms with Crippen LogP contribution >= 0.6 is 0 Å². The van der Waals surface area contributed by atoms with E-state index in [2.05, 4.69) is 0 Å². The van der Waals surface area contributed by atoms with E-state index < -0.39 is 66.3 Å². The minimum atomic E-state index is -1.49. The molecule has 2 fully saturated rings. The Labute approximate surface area is 310 Å². The van der Waals surface area contributed by atoms with E-state index in [0.29, 0.717) is 17.7 Å². The number of benzene rings is 3. The minimum Gasteiger partial charge on any atom is -0.455 e. The van der Waals surface area contributed by atoms with E-state index in [0.717, 1.165) is 16.7 Å². The van der Waals surface area contributed by atoms with E-state index in [1.807, 2.05) is 112 Å². The highest BCUT2D eigenvalue weighted by molar-refractivity contribution is 6.06. The maximum atomic E-state index is 15.4. The van der Waals surface area contributed by atoms with E-state index in [4.69, 9.17) is 9.47 Å². The highest BCUT2D eigenvalue weighted by Crippen LogP contribution is 2.56. The van der Waals surface area contributed by atoms with Crippen molar-refractivity contribution in [2.24, 2.45) is 11.8 Å². The number of aliphatic hydroxyl groups is 1. The molecule has 3 aromatic rings. The lowest BCUT2D eigenvalue weighted by molar-refractivity contribution is -0.164. The lowest BCUT2D eigenvalue weighted by Gasteiger charge is -2.39. The number of esters is 1. The molecule has 8 atom stereocenters. The first-order valence-electron chi connectivity index (χ1n) is 18.4. The fraction of sp³-hybridized carbons (Fsp3) is 0.395. The largest absolute Gasteiger partial charge is 0.455 e. The van der Waals surface area contributed by atoms with Gasteiger partial charge in [-0.25, -0.2) is 0 Å². The summed E-state index contributed by atoms with van der Waals surface area (Å²) in [5.41, 5.74) is 2.61. The van der Waals surface area contributed by atoms with Crippen LogP contribution in [-0.4, -0.2) is 88.6 Å². The number of anilines is 1. The number of nitrogens with zero attached hydrogens (tertiary/aromatic N) is 3. The molecule has 4 aliphatic rings. The van der Waals surface area contributed by atoms with Crippen molar-refractivity contribution in [3.8, 4) is 0 Å². The summed E-state index contributed by atoms with van der Waals surface area (Å²) in [4.78, 5) is 63.2. The van der Waals surface area contributed by atoms with Gasteiger partial charge in [0.2, 0.25) is 11.8 Å². The zero-order chi connectivity index (χ0) is 37.4. The summed E-state index contributed by atoms with van der Waals surface area (Å²) in [5, 5.41) is 11.0. The van der Waals surface area contributed by atoms with Gasteiger partial charge in [-0.1, -0.05) is 97.1 Å². The van der Waals surface area contributed by atoms with E-state index in [-0.39, 0.29) is 31.2 Å². The van der Waals surface area contributed by atoms with Crippen LogP contribution < -0.4 is 4.90 Å². The Morgan fingerprint density at radius 1 is 0.925 bits per heavy atom. The summed E-state index contributed by atoms with van der Waals surface area (Å²) in [6.45, 7) is 5.49. The van der Waals surface area contributed by atoms with Gasteiger partial charge in [-0.2, -0.15) is 0 Å². The van der Waals surface area contributed by atoms with Crippen molar-refractivity contribution in [1.29, 1.82) is 0 Å². The number of aryl methyl sites for hydroxylation is 2. The fourth-order valence-corrected chi connectivity index (χ4v) is 8.55. The Kier molecular flexibility index (Phi) is 10.1. The molecule has 53 heavy (non-hydrogen) atoms. The number of ether oxygens (including phenoxy) is 2. The standard InChI is InChI=1S/C43H47N3O7/c1-27-19-20-28(2)33(24-27)45-23-13-7-12-18-35(48)44(4)29(3)38(31-16-10-6-11-17-31)52-42(51)36-34-21-22-43(53-34)37(36)40(49)46(39(43)41(45)50)32(26-47)25-30-14-8-5-9-15-30/h5-11,13-17,19-22,24,29,32,34,36-39,47H,12,18,23,25-26H2,1-4H3/b13-7-/t29-,32-,34+,36-,37-,38+,39+,43-/m1/s1. The third kappa shape index (κ3) is 6.48. The average molecular weight is 718 g/mol. The van der Waals surface area contributed by atoms with E-state index in [1.165, 1.54) is 4.90 Å². The van der Waals surface area contributed by atoms with Crippen LogP contribution in [0.25, 0.3) is 0 Å². The summed E-state index contributed by atoms with van der Waals surface area (Å²) in [5.74, 6) is -3.73. The molecule has 0 aromatic heterocycles. The summed E-state index contributed by atoms with van der Waals surface area (Å²) in [7, 11) is 1.71. The first-order chi connectivity index (χ1) is 25.6. The molecule has 4 heterocycles. The second-order valence-corrected chi connectivity index (χ2v) is 14.7. The van der Waals surface area contributed by atoms with Crippen molar-refractivity contribution in [2.45, 2.75) is 76.0 Å². The second kappa shape index (κ2) is 14.8. The van der Waals surface area contributed by atoms with Crippen LogP contribution in [0.1, 0.15) is 48.1 Å². The Morgan fingerprint density at radius 2 is 1.64 bits per heavy atom. The molecule has 2 saturated heterocycles. The van der Waals surface area contributed by atoms with Gasteiger partial charge in [-0.05, 0) is 61.9 Å². The quantitative estimate of drug-likeness (QED) is 0.286. The van der Waals surface area contributed by atoms with Crippen molar-refractivity contribution < 1.29 is 33.8 Å². The molecule has 0 unspecified atom stereocenters. The molecule has 1 spiro atoms.